The van der Waals surface area contributed by atoms with Crippen molar-refractivity contribution in [2.45, 2.75) is 30.7 Å². The Bertz CT molecular complexity index is 883. The lowest BCUT2D eigenvalue weighted by atomic mass is 9.75. The summed E-state index contributed by atoms with van der Waals surface area (Å²) in [5.41, 5.74) is 0.127. The minimum absolute atomic E-state index is 0.107. The standard InChI is InChI=1S/C17H26N4O2.2C2HF3O2/c1-19(2)16(22)21-12-17(13-21)10-14(7-9-20(17)3)11-23-15-6-4-5-8-18-15;2*3-2(4,5)1(6)7/h4-6,8,14H,7,9-13H2,1-3H3;2*(H,6,7). The molecule has 2 aliphatic heterocycles. The summed E-state index contributed by atoms with van der Waals surface area (Å²) in [5, 5.41) is 14.2. The number of likely N-dealkylation sites (tertiary alicyclic amines) is 2. The van der Waals surface area contributed by atoms with Crippen LogP contribution < -0.4 is 4.74 Å². The van der Waals surface area contributed by atoms with Gasteiger partial charge in [0, 0.05) is 39.4 Å². The molecule has 2 fully saturated rings. The summed E-state index contributed by atoms with van der Waals surface area (Å²) in [7, 11) is 5.79. The molecule has 1 spiro atoms. The van der Waals surface area contributed by atoms with Crippen LogP contribution in [0.1, 0.15) is 12.8 Å². The fourth-order valence-corrected chi connectivity index (χ4v) is 3.64. The molecule has 0 aliphatic carbocycles. The SMILES string of the molecule is CN(C)C(=O)N1CC2(CC(COc3ccccn3)CCN2C)C1.O=C(O)C(F)(F)F.O=C(O)C(F)(F)F. The van der Waals surface area contributed by atoms with Gasteiger partial charge < -0.3 is 24.7 Å². The van der Waals surface area contributed by atoms with Crippen LogP contribution in [0.4, 0.5) is 31.1 Å². The molecule has 3 heterocycles. The quantitative estimate of drug-likeness (QED) is 0.555. The van der Waals surface area contributed by atoms with Crippen molar-refractivity contribution in [1.82, 2.24) is 19.7 Å². The molecule has 0 radical (unpaired) electrons. The molecule has 0 bridgehead atoms. The third kappa shape index (κ3) is 9.93. The van der Waals surface area contributed by atoms with Gasteiger partial charge in [-0.15, -0.1) is 0 Å². The first-order valence-corrected chi connectivity index (χ1v) is 10.7. The van der Waals surface area contributed by atoms with Crippen LogP contribution in [0.25, 0.3) is 0 Å². The zero-order valence-corrected chi connectivity index (χ0v) is 20.2. The summed E-state index contributed by atoms with van der Waals surface area (Å²) >= 11 is 0. The highest BCUT2D eigenvalue weighted by Crippen LogP contribution is 2.38. The van der Waals surface area contributed by atoms with Crippen LogP contribution in [0.3, 0.4) is 0 Å². The highest BCUT2D eigenvalue weighted by molar-refractivity contribution is 5.75. The predicted molar refractivity (Wildman–Crippen MR) is 116 cm³/mol. The largest absolute Gasteiger partial charge is 0.490 e. The summed E-state index contributed by atoms with van der Waals surface area (Å²) < 4.78 is 69.3. The number of hydrogen-bond acceptors (Lipinski definition) is 6. The van der Waals surface area contributed by atoms with Gasteiger partial charge in [-0.05, 0) is 38.4 Å². The Morgan fingerprint density at radius 1 is 1.08 bits per heavy atom. The molecule has 1 atom stereocenters. The number of likely N-dealkylation sites (N-methyl/N-ethyl adjacent to an activating group) is 1. The van der Waals surface area contributed by atoms with Crippen molar-refractivity contribution < 1.29 is 55.7 Å². The van der Waals surface area contributed by atoms with Crippen LogP contribution in [0, 0.1) is 5.92 Å². The van der Waals surface area contributed by atoms with Crippen molar-refractivity contribution >= 4 is 18.0 Å². The Kier molecular flexibility index (Phi) is 11.0. The zero-order valence-electron chi connectivity index (χ0n) is 20.2. The smallest absolute Gasteiger partial charge is 0.477 e. The van der Waals surface area contributed by atoms with Gasteiger partial charge in [0.2, 0.25) is 5.88 Å². The monoisotopic (exact) mass is 546 g/mol. The van der Waals surface area contributed by atoms with Crippen molar-refractivity contribution in [3.63, 3.8) is 0 Å². The van der Waals surface area contributed by atoms with E-state index < -0.39 is 24.3 Å². The number of halogens is 6. The van der Waals surface area contributed by atoms with Crippen LogP contribution in [0.5, 0.6) is 5.88 Å². The maximum Gasteiger partial charge on any atom is 0.490 e. The minimum atomic E-state index is -5.08. The average molecular weight is 546 g/mol. The molecule has 0 saturated carbocycles. The highest BCUT2D eigenvalue weighted by atomic mass is 19.4. The van der Waals surface area contributed by atoms with Gasteiger partial charge in [0.25, 0.3) is 0 Å². The second kappa shape index (κ2) is 12.8. The summed E-state index contributed by atoms with van der Waals surface area (Å²) in [6.45, 7) is 3.40. The van der Waals surface area contributed by atoms with Crippen molar-refractivity contribution in [3.8, 4) is 5.88 Å². The summed E-state index contributed by atoms with van der Waals surface area (Å²) in [4.78, 5) is 40.1. The van der Waals surface area contributed by atoms with Crippen molar-refractivity contribution in [2.75, 3.05) is 47.4 Å². The fraction of sp³-hybridized carbons (Fsp3) is 0.619. The molecule has 2 amide bonds. The van der Waals surface area contributed by atoms with Crippen molar-refractivity contribution in [3.05, 3.63) is 24.4 Å². The maximum absolute atomic E-state index is 12.1. The number of pyridine rings is 1. The molecule has 2 saturated heterocycles. The zero-order chi connectivity index (χ0) is 28.6. The molecule has 210 valence electrons. The average Bonchev–Trinajstić information content (AvgIpc) is 2.77. The van der Waals surface area contributed by atoms with Crippen LogP contribution >= 0.6 is 0 Å². The second-order valence-corrected chi connectivity index (χ2v) is 8.62. The Morgan fingerprint density at radius 3 is 2.00 bits per heavy atom. The van der Waals surface area contributed by atoms with Crippen LogP contribution in [0.2, 0.25) is 0 Å². The minimum Gasteiger partial charge on any atom is -0.477 e. The Hall–Kier alpha value is -3.30. The number of alkyl halides is 6. The van der Waals surface area contributed by atoms with E-state index in [2.05, 4.69) is 16.9 Å². The van der Waals surface area contributed by atoms with Gasteiger partial charge in [-0.25, -0.2) is 19.4 Å². The molecule has 1 unspecified atom stereocenters. The molecule has 1 aromatic rings. The molecule has 16 heteroatoms. The van der Waals surface area contributed by atoms with Crippen LogP contribution in [-0.4, -0.2) is 113 Å². The lowest BCUT2D eigenvalue weighted by Gasteiger charge is -2.58. The van der Waals surface area contributed by atoms with Gasteiger partial charge in [-0.3, -0.25) is 4.90 Å². The number of piperidine rings is 1. The first kappa shape index (κ1) is 31.7. The molecule has 10 nitrogen and oxygen atoms in total. The third-order valence-corrected chi connectivity index (χ3v) is 5.56. The van der Waals surface area contributed by atoms with E-state index in [1.807, 2.05) is 23.1 Å². The number of urea groups is 1. The molecule has 0 aromatic carbocycles. The lowest BCUT2D eigenvalue weighted by molar-refractivity contribution is -0.193. The lowest BCUT2D eigenvalue weighted by Crippen LogP contribution is -2.73. The van der Waals surface area contributed by atoms with E-state index in [0.29, 0.717) is 18.4 Å². The Morgan fingerprint density at radius 2 is 1.59 bits per heavy atom. The first-order chi connectivity index (χ1) is 16.9. The van der Waals surface area contributed by atoms with Gasteiger partial charge >= 0.3 is 30.3 Å². The van der Waals surface area contributed by atoms with Gasteiger partial charge in [-0.1, -0.05) is 6.07 Å². The van der Waals surface area contributed by atoms with E-state index in [1.54, 1.807) is 25.2 Å². The van der Waals surface area contributed by atoms with E-state index in [-0.39, 0.29) is 11.6 Å². The van der Waals surface area contributed by atoms with Gasteiger partial charge in [-0.2, -0.15) is 26.3 Å². The summed E-state index contributed by atoms with van der Waals surface area (Å²) in [6.07, 6.45) is -6.21. The molecule has 2 aliphatic rings. The topological polar surface area (TPSA) is 124 Å². The number of carboxylic acid groups (broad SMARTS) is 2. The van der Waals surface area contributed by atoms with Gasteiger partial charge in [0.05, 0.1) is 12.1 Å². The molecular formula is C21H28F6N4O6. The van der Waals surface area contributed by atoms with Gasteiger partial charge in [0.15, 0.2) is 0 Å². The fourth-order valence-electron chi connectivity index (χ4n) is 3.64. The highest BCUT2D eigenvalue weighted by Gasteiger charge is 2.51. The summed E-state index contributed by atoms with van der Waals surface area (Å²) in [5.74, 6) is -4.30. The van der Waals surface area contributed by atoms with E-state index >= 15 is 0 Å². The van der Waals surface area contributed by atoms with E-state index in [9.17, 15) is 31.1 Å². The number of nitrogens with zero attached hydrogens (tertiary/aromatic N) is 4. The molecule has 37 heavy (non-hydrogen) atoms. The number of rotatable bonds is 3. The molecule has 1 aromatic heterocycles. The predicted octanol–water partition coefficient (Wildman–Crippen LogP) is 2.80. The molecular weight excluding hydrogens is 518 g/mol. The number of ether oxygens (including phenoxy) is 1. The van der Waals surface area contributed by atoms with Crippen LogP contribution in [0.15, 0.2) is 24.4 Å². The normalized spacial score (nSPS) is 18.8. The van der Waals surface area contributed by atoms with Crippen molar-refractivity contribution in [1.29, 1.82) is 0 Å². The van der Waals surface area contributed by atoms with Crippen LogP contribution in [-0.2, 0) is 9.59 Å². The number of carbonyl (C=O) groups excluding carboxylic acids is 1. The maximum atomic E-state index is 12.1. The number of aromatic nitrogens is 1. The third-order valence-electron chi connectivity index (χ3n) is 5.56. The number of aliphatic carboxylic acids is 2. The number of carbonyl (C=O) groups is 3. The molecule has 3 rings (SSSR count). The summed E-state index contributed by atoms with van der Waals surface area (Å²) in [6, 6.07) is 5.83. The van der Waals surface area contributed by atoms with Crippen molar-refractivity contribution in [2.24, 2.45) is 5.92 Å². The van der Waals surface area contributed by atoms with Gasteiger partial charge in [0.1, 0.15) is 0 Å². The van der Waals surface area contributed by atoms with E-state index in [0.717, 1.165) is 32.5 Å². The van der Waals surface area contributed by atoms with E-state index in [4.69, 9.17) is 24.5 Å². The Balaban J connectivity index is 0.000000404. The van der Waals surface area contributed by atoms with E-state index in [1.165, 1.54) is 0 Å². The number of hydrogen-bond donors (Lipinski definition) is 2. The molecule has 2 N–H and O–H groups in total. The number of amides is 2. The number of carboxylic acids is 2. The second-order valence-electron chi connectivity index (χ2n) is 8.62. The Labute approximate surface area is 208 Å². The first-order valence-electron chi connectivity index (χ1n) is 10.7.